The highest BCUT2D eigenvalue weighted by atomic mass is 32.2. The SMILES string of the molecule is CCNC(=NCc1ccc(S(C)(=O)=O)cc1)NCCCOCCOC. The predicted molar refractivity (Wildman–Crippen MR) is 99.7 cm³/mol. The van der Waals surface area contributed by atoms with Gasteiger partial charge in [-0.05, 0) is 31.0 Å². The van der Waals surface area contributed by atoms with Crippen molar-refractivity contribution in [1.82, 2.24) is 10.6 Å². The fourth-order valence-electron chi connectivity index (χ4n) is 1.98. The number of hydrogen-bond donors (Lipinski definition) is 2. The van der Waals surface area contributed by atoms with E-state index in [0.29, 0.717) is 31.3 Å². The zero-order valence-electron chi connectivity index (χ0n) is 15.2. The molecule has 1 aromatic carbocycles. The zero-order chi connectivity index (χ0) is 18.5. The molecule has 0 radical (unpaired) electrons. The molecule has 0 amide bonds. The highest BCUT2D eigenvalue weighted by Crippen LogP contribution is 2.10. The molecule has 0 fully saturated rings. The van der Waals surface area contributed by atoms with Gasteiger partial charge in [-0.15, -0.1) is 0 Å². The third kappa shape index (κ3) is 9.42. The molecule has 7 nitrogen and oxygen atoms in total. The van der Waals surface area contributed by atoms with E-state index in [9.17, 15) is 8.42 Å². The molecule has 0 aliphatic rings. The summed E-state index contributed by atoms with van der Waals surface area (Å²) in [6, 6.07) is 6.79. The van der Waals surface area contributed by atoms with E-state index in [2.05, 4.69) is 15.6 Å². The molecule has 0 spiro atoms. The van der Waals surface area contributed by atoms with Crippen LogP contribution in [-0.2, 0) is 25.9 Å². The van der Waals surface area contributed by atoms with E-state index in [4.69, 9.17) is 9.47 Å². The second kappa shape index (κ2) is 11.8. The molecule has 0 aliphatic carbocycles. The maximum absolute atomic E-state index is 11.5. The van der Waals surface area contributed by atoms with E-state index >= 15 is 0 Å². The van der Waals surface area contributed by atoms with Crippen molar-refractivity contribution >= 4 is 15.8 Å². The van der Waals surface area contributed by atoms with Gasteiger partial charge in [0.1, 0.15) is 0 Å². The number of rotatable bonds is 11. The minimum Gasteiger partial charge on any atom is -0.382 e. The molecular formula is C17H29N3O4S. The van der Waals surface area contributed by atoms with Gasteiger partial charge in [-0.2, -0.15) is 0 Å². The van der Waals surface area contributed by atoms with Gasteiger partial charge in [0.2, 0.25) is 0 Å². The third-order valence-corrected chi connectivity index (χ3v) is 4.43. The Kier molecular flexibility index (Phi) is 10.1. The van der Waals surface area contributed by atoms with E-state index in [-0.39, 0.29) is 0 Å². The van der Waals surface area contributed by atoms with Crippen LogP contribution in [-0.4, -0.2) is 60.7 Å². The summed E-state index contributed by atoms with van der Waals surface area (Å²) in [6.45, 7) is 5.89. The molecule has 8 heteroatoms. The van der Waals surface area contributed by atoms with E-state index in [0.717, 1.165) is 31.0 Å². The molecule has 0 aliphatic heterocycles. The minimum atomic E-state index is -3.16. The molecule has 0 atom stereocenters. The van der Waals surface area contributed by atoms with Crippen LogP contribution in [0.15, 0.2) is 34.2 Å². The lowest BCUT2D eigenvalue weighted by molar-refractivity contribution is 0.0698. The van der Waals surface area contributed by atoms with Crippen molar-refractivity contribution < 1.29 is 17.9 Å². The number of guanidine groups is 1. The van der Waals surface area contributed by atoms with Gasteiger partial charge < -0.3 is 20.1 Å². The number of aliphatic imine (C=N–C) groups is 1. The van der Waals surface area contributed by atoms with Gasteiger partial charge in [0.15, 0.2) is 15.8 Å². The van der Waals surface area contributed by atoms with Crippen LogP contribution in [0.1, 0.15) is 18.9 Å². The van der Waals surface area contributed by atoms with Crippen molar-refractivity contribution in [3.63, 3.8) is 0 Å². The molecule has 25 heavy (non-hydrogen) atoms. The molecule has 2 N–H and O–H groups in total. The molecule has 0 saturated carbocycles. The molecule has 1 aromatic rings. The lowest BCUT2D eigenvalue weighted by atomic mass is 10.2. The summed E-state index contributed by atoms with van der Waals surface area (Å²) in [6.07, 6.45) is 2.07. The smallest absolute Gasteiger partial charge is 0.191 e. The summed E-state index contributed by atoms with van der Waals surface area (Å²) in [4.78, 5) is 4.83. The Morgan fingerprint density at radius 3 is 2.44 bits per heavy atom. The highest BCUT2D eigenvalue weighted by Gasteiger charge is 2.06. The topological polar surface area (TPSA) is 89.0 Å². The summed E-state index contributed by atoms with van der Waals surface area (Å²) >= 11 is 0. The number of nitrogens with one attached hydrogen (secondary N) is 2. The first-order chi connectivity index (χ1) is 12.0. The first kappa shape index (κ1) is 21.4. The van der Waals surface area contributed by atoms with Crippen LogP contribution in [0.25, 0.3) is 0 Å². The summed E-state index contributed by atoms with van der Waals surface area (Å²) in [5.41, 5.74) is 0.951. The van der Waals surface area contributed by atoms with E-state index < -0.39 is 9.84 Å². The number of sulfone groups is 1. The number of ether oxygens (including phenoxy) is 2. The Labute approximate surface area is 150 Å². The van der Waals surface area contributed by atoms with Gasteiger partial charge in [-0.1, -0.05) is 12.1 Å². The van der Waals surface area contributed by atoms with E-state index in [1.54, 1.807) is 31.4 Å². The second-order valence-corrected chi connectivity index (χ2v) is 7.51. The van der Waals surface area contributed by atoms with Crippen molar-refractivity contribution in [2.24, 2.45) is 4.99 Å². The van der Waals surface area contributed by atoms with E-state index in [1.807, 2.05) is 6.92 Å². The molecule has 142 valence electrons. The first-order valence-electron chi connectivity index (χ1n) is 8.35. The van der Waals surface area contributed by atoms with Crippen LogP contribution in [0, 0.1) is 0 Å². The summed E-state index contributed by atoms with van der Waals surface area (Å²) in [5.74, 6) is 0.728. The lowest BCUT2D eigenvalue weighted by Gasteiger charge is -2.11. The van der Waals surface area contributed by atoms with Crippen LogP contribution in [0.4, 0.5) is 0 Å². The Morgan fingerprint density at radius 2 is 1.84 bits per heavy atom. The van der Waals surface area contributed by atoms with Crippen LogP contribution in [0.5, 0.6) is 0 Å². The van der Waals surface area contributed by atoms with Gasteiger partial charge in [-0.3, -0.25) is 0 Å². The van der Waals surface area contributed by atoms with Gasteiger partial charge >= 0.3 is 0 Å². The quantitative estimate of drug-likeness (QED) is 0.345. The maximum Gasteiger partial charge on any atom is 0.191 e. The Morgan fingerprint density at radius 1 is 1.12 bits per heavy atom. The fraction of sp³-hybridized carbons (Fsp3) is 0.588. The largest absolute Gasteiger partial charge is 0.382 e. The zero-order valence-corrected chi connectivity index (χ0v) is 16.1. The summed E-state index contributed by atoms with van der Waals surface area (Å²) in [7, 11) is -1.51. The monoisotopic (exact) mass is 371 g/mol. The molecule has 0 saturated heterocycles. The van der Waals surface area contributed by atoms with Crippen molar-refractivity contribution in [2.75, 3.05) is 46.3 Å². The fourth-order valence-corrected chi connectivity index (χ4v) is 2.61. The van der Waals surface area contributed by atoms with Gasteiger partial charge in [0, 0.05) is 33.1 Å². The summed E-state index contributed by atoms with van der Waals surface area (Å²) < 4.78 is 33.2. The van der Waals surface area contributed by atoms with Crippen molar-refractivity contribution in [1.29, 1.82) is 0 Å². The Balaban J connectivity index is 2.44. The maximum atomic E-state index is 11.5. The molecule has 0 unspecified atom stereocenters. The minimum absolute atomic E-state index is 0.318. The average Bonchev–Trinajstić information content (AvgIpc) is 2.58. The third-order valence-electron chi connectivity index (χ3n) is 3.31. The highest BCUT2D eigenvalue weighted by molar-refractivity contribution is 7.90. The van der Waals surface area contributed by atoms with Crippen molar-refractivity contribution in [2.45, 2.75) is 24.8 Å². The number of benzene rings is 1. The van der Waals surface area contributed by atoms with Crippen molar-refractivity contribution in [3.8, 4) is 0 Å². The van der Waals surface area contributed by atoms with Crippen LogP contribution in [0.3, 0.4) is 0 Å². The van der Waals surface area contributed by atoms with Gasteiger partial charge in [0.25, 0.3) is 0 Å². The second-order valence-electron chi connectivity index (χ2n) is 5.50. The number of nitrogens with zero attached hydrogens (tertiary/aromatic N) is 1. The first-order valence-corrected chi connectivity index (χ1v) is 10.2. The Hall–Kier alpha value is -1.64. The normalized spacial score (nSPS) is 12.2. The molecule has 0 heterocycles. The van der Waals surface area contributed by atoms with Gasteiger partial charge in [0.05, 0.1) is 24.7 Å². The van der Waals surface area contributed by atoms with Crippen LogP contribution >= 0.6 is 0 Å². The molecule has 0 bridgehead atoms. The number of methoxy groups -OCH3 is 1. The standard InChI is InChI=1S/C17H29N3O4S/c1-4-18-17(19-10-5-11-24-13-12-23-2)20-14-15-6-8-16(9-7-15)25(3,21)22/h6-9H,4-5,10-14H2,1-3H3,(H2,18,19,20). The van der Waals surface area contributed by atoms with E-state index in [1.165, 1.54) is 6.26 Å². The average molecular weight is 372 g/mol. The summed E-state index contributed by atoms with van der Waals surface area (Å²) in [5, 5.41) is 6.43. The van der Waals surface area contributed by atoms with Gasteiger partial charge in [-0.25, -0.2) is 13.4 Å². The van der Waals surface area contributed by atoms with Crippen molar-refractivity contribution in [3.05, 3.63) is 29.8 Å². The Bertz CT molecular complexity index is 615. The lowest BCUT2D eigenvalue weighted by Crippen LogP contribution is -2.38. The predicted octanol–water partition coefficient (Wildman–Crippen LogP) is 1.20. The number of hydrogen-bond acceptors (Lipinski definition) is 5. The molecule has 0 aromatic heterocycles. The molecular weight excluding hydrogens is 342 g/mol. The van der Waals surface area contributed by atoms with Crippen LogP contribution in [0.2, 0.25) is 0 Å². The van der Waals surface area contributed by atoms with Crippen LogP contribution < -0.4 is 10.6 Å². The molecule has 1 rings (SSSR count).